The monoisotopic (exact) mass is 392 g/mol. The number of amides is 1. The summed E-state index contributed by atoms with van der Waals surface area (Å²) in [4.78, 5) is 17.3. The lowest BCUT2D eigenvalue weighted by Crippen LogP contribution is -2.52. The first kappa shape index (κ1) is 19.8. The van der Waals surface area contributed by atoms with Gasteiger partial charge >= 0.3 is 0 Å². The summed E-state index contributed by atoms with van der Waals surface area (Å²) in [6.07, 6.45) is 4.35. The van der Waals surface area contributed by atoms with Gasteiger partial charge in [-0.25, -0.2) is 0 Å². The van der Waals surface area contributed by atoms with E-state index in [4.69, 9.17) is 4.74 Å². The Morgan fingerprint density at radius 3 is 2.45 bits per heavy atom. The van der Waals surface area contributed by atoms with Crippen molar-refractivity contribution in [1.82, 2.24) is 4.90 Å². The van der Waals surface area contributed by atoms with Crippen molar-refractivity contribution in [3.05, 3.63) is 58.7 Å². The summed E-state index contributed by atoms with van der Waals surface area (Å²) in [6, 6.07) is 12.8. The first-order chi connectivity index (χ1) is 14.0. The van der Waals surface area contributed by atoms with E-state index in [0.29, 0.717) is 0 Å². The van der Waals surface area contributed by atoms with Crippen LogP contribution in [0.3, 0.4) is 0 Å². The molecule has 4 nitrogen and oxygen atoms in total. The van der Waals surface area contributed by atoms with Gasteiger partial charge in [0.1, 0.15) is 5.75 Å². The van der Waals surface area contributed by atoms with Crippen LogP contribution in [0, 0.1) is 13.8 Å². The normalized spacial score (nSPS) is 17.6. The zero-order chi connectivity index (χ0) is 20.4. The summed E-state index contributed by atoms with van der Waals surface area (Å²) in [6.45, 7) is 9.41. The maximum Gasteiger partial charge on any atom is 0.263 e. The number of benzene rings is 2. The van der Waals surface area contributed by atoms with Gasteiger partial charge in [0.2, 0.25) is 0 Å². The fourth-order valence-electron chi connectivity index (χ4n) is 4.54. The third-order valence-electron chi connectivity index (χ3n) is 6.49. The van der Waals surface area contributed by atoms with Gasteiger partial charge in [-0.1, -0.05) is 18.2 Å². The van der Waals surface area contributed by atoms with Crippen molar-refractivity contribution in [2.24, 2.45) is 0 Å². The smallest absolute Gasteiger partial charge is 0.263 e. The summed E-state index contributed by atoms with van der Waals surface area (Å²) in [5.74, 6) is 0.906. The standard InChI is InChI=1S/C25H32N2O2/c1-18-7-6-10-24(19(18)2)26-13-15-27(16-14-26)25(28)20(3)29-23-12-11-21-8-4-5-9-22(21)17-23/h6-7,10-12,17,20H,4-5,8-9,13-16H2,1-3H3/t20-/m1/s1. The lowest BCUT2D eigenvalue weighted by molar-refractivity contribution is -0.138. The molecule has 1 atom stereocenters. The minimum absolute atomic E-state index is 0.0864. The second kappa shape index (κ2) is 8.48. The number of fused-ring (bicyclic) bond motifs is 1. The molecule has 0 N–H and O–H groups in total. The summed E-state index contributed by atoms with van der Waals surface area (Å²) in [5, 5.41) is 0. The van der Waals surface area contributed by atoms with Gasteiger partial charge in [0, 0.05) is 31.9 Å². The van der Waals surface area contributed by atoms with E-state index < -0.39 is 6.10 Å². The van der Waals surface area contributed by atoms with Crippen LogP contribution in [0.15, 0.2) is 36.4 Å². The number of hydrogen-bond donors (Lipinski definition) is 0. The summed E-state index contributed by atoms with van der Waals surface area (Å²) in [7, 11) is 0. The van der Waals surface area contributed by atoms with Gasteiger partial charge in [-0.3, -0.25) is 4.79 Å². The molecular formula is C25H32N2O2. The molecule has 0 aromatic heterocycles. The van der Waals surface area contributed by atoms with Gasteiger partial charge in [0.05, 0.1) is 0 Å². The van der Waals surface area contributed by atoms with Crippen molar-refractivity contribution in [3.8, 4) is 5.75 Å². The third kappa shape index (κ3) is 4.26. The Morgan fingerprint density at radius 1 is 0.966 bits per heavy atom. The van der Waals surface area contributed by atoms with Crippen molar-refractivity contribution in [2.45, 2.75) is 52.6 Å². The van der Waals surface area contributed by atoms with E-state index in [1.54, 1.807) is 0 Å². The van der Waals surface area contributed by atoms with E-state index in [9.17, 15) is 4.79 Å². The molecule has 1 saturated heterocycles. The highest BCUT2D eigenvalue weighted by molar-refractivity contribution is 5.81. The molecule has 1 amide bonds. The molecule has 1 heterocycles. The highest BCUT2D eigenvalue weighted by atomic mass is 16.5. The predicted octanol–water partition coefficient (Wildman–Crippen LogP) is 4.30. The van der Waals surface area contributed by atoms with Gasteiger partial charge in [0.25, 0.3) is 5.91 Å². The van der Waals surface area contributed by atoms with E-state index in [-0.39, 0.29) is 5.91 Å². The van der Waals surface area contributed by atoms with E-state index in [1.165, 1.54) is 40.8 Å². The predicted molar refractivity (Wildman–Crippen MR) is 118 cm³/mol. The average molecular weight is 393 g/mol. The summed E-state index contributed by atoms with van der Waals surface area (Å²) < 4.78 is 6.04. The van der Waals surface area contributed by atoms with Crippen LogP contribution >= 0.6 is 0 Å². The Balaban J connectivity index is 1.35. The van der Waals surface area contributed by atoms with Crippen LogP contribution in [0.2, 0.25) is 0 Å². The molecule has 0 radical (unpaired) electrons. The molecule has 29 heavy (non-hydrogen) atoms. The number of carbonyl (C=O) groups is 1. The number of nitrogens with zero attached hydrogens (tertiary/aromatic N) is 2. The molecule has 0 bridgehead atoms. The lowest BCUT2D eigenvalue weighted by atomic mass is 9.92. The molecule has 0 spiro atoms. The first-order valence-corrected chi connectivity index (χ1v) is 10.9. The highest BCUT2D eigenvalue weighted by Crippen LogP contribution is 2.27. The Kier molecular flexibility index (Phi) is 5.79. The first-order valence-electron chi connectivity index (χ1n) is 10.9. The van der Waals surface area contributed by atoms with Crippen LogP contribution in [0.5, 0.6) is 5.75 Å². The van der Waals surface area contributed by atoms with E-state index >= 15 is 0 Å². The Morgan fingerprint density at radius 2 is 1.69 bits per heavy atom. The van der Waals surface area contributed by atoms with Crippen molar-refractivity contribution >= 4 is 11.6 Å². The van der Waals surface area contributed by atoms with Gasteiger partial charge in [0.15, 0.2) is 6.10 Å². The second-order valence-electron chi connectivity index (χ2n) is 8.43. The van der Waals surface area contributed by atoms with Crippen molar-refractivity contribution in [2.75, 3.05) is 31.1 Å². The van der Waals surface area contributed by atoms with Crippen molar-refractivity contribution in [1.29, 1.82) is 0 Å². The number of carbonyl (C=O) groups excluding carboxylic acids is 1. The quantitative estimate of drug-likeness (QED) is 0.778. The van der Waals surface area contributed by atoms with Gasteiger partial charge in [-0.05, 0) is 86.9 Å². The molecular weight excluding hydrogens is 360 g/mol. The lowest BCUT2D eigenvalue weighted by Gasteiger charge is -2.38. The molecule has 0 saturated carbocycles. The second-order valence-corrected chi connectivity index (χ2v) is 8.43. The zero-order valence-electron chi connectivity index (χ0n) is 17.9. The number of piperazine rings is 1. The maximum absolute atomic E-state index is 12.9. The summed E-state index contributed by atoms with van der Waals surface area (Å²) >= 11 is 0. The number of ether oxygens (including phenoxy) is 1. The van der Waals surface area contributed by atoms with Crippen LogP contribution in [0.25, 0.3) is 0 Å². The molecule has 154 valence electrons. The van der Waals surface area contributed by atoms with Crippen LogP contribution in [0.1, 0.15) is 42.0 Å². The molecule has 1 aliphatic heterocycles. The van der Waals surface area contributed by atoms with Gasteiger partial charge < -0.3 is 14.5 Å². The van der Waals surface area contributed by atoms with E-state index in [2.05, 4.69) is 49.1 Å². The molecule has 4 rings (SSSR count). The topological polar surface area (TPSA) is 32.8 Å². The molecule has 1 aliphatic carbocycles. The SMILES string of the molecule is Cc1cccc(N2CCN(C(=O)[C@@H](C)Oc3ccc4c(c3)CCCC4)CC2)c1C. The largest absolute Gasteiger partial charge is 0.481 e. The minimum atomic E-state index is -0.455. The fourth-order valence-corrected chi connectivity index (χ4v) is 4.54. The molecule has 2 aliphatic rings. The number of rotatable bonds is 4. The minimum Gasteiger partial charge on any atom is -0.481 e. The van der Waals surface area contributed by atoms with Crippen LogP contribution in [0.4, 0.5) is 5.69 Å². The molecule has 2 aromatic carbocycles. The van der Waals surface area contributed by atoms with Crippen LogP contribution < -0.4 is 9.64 Å². The number of anilines is 1. The Hall–Kier alpha value is -2.49. The van der Waals surface area contributed by atoms with E-state index in [1.807, 2.05) is 17.9 Å². The molecule has 1 fully saturated rings. The number of aryl methyl sites for hydroxylation is 3. The fraction of sp³-hybridized carbons (Fsp3) is 0.480. The average Bonchev–Trinajstić information content (AvgIpc) is 2.75. The van der Waals surface area contributed by atoms with E-state index in [0.717, 1.165) is 44.8 Å². The number of hydrogen-bond acceptors (Lipinski definition) is 3. The zero-order valence-corrected chi connectivity index (χ0v) is 17.9. The van der Waals surface area contributed by atoms with Crippen LogP contribution in [-0.2, 0) is 17.6 Å². The van der Waals surface area contributed by atoms with Gasteiger partial charge in [-0.2, -0.15) is 0 Å². The maximum atomic E-state index is 12.9. The van der Waals surface area contributed by atoms with Crippen molar-refractivity contribution < 1.29 is 9.53 Å². The Bertz CT molecular complexity index is 884. The van der Waals surface area contributed by atoms with Crippen LogP contribution in [-0.4, -0.2) is 43.1 Å². The molecule has 0 unspecified atom stereocenters. The third-order valence-corrected chi connectivity index (χ3v) is 6.49. The van der Waals surface area contributed by atoms with Gasteiger partial charge in [-0.15, -0.1) is 0 Å². The molecule has 4 heteroatoms. The summed E-state index contributed by atoms with van der Waals surface area (Å²) in [5.41, 5.74) is 6.75. The Labute approximate surface area is 174 Å². The highest BCUT2D eigenvalue weighted by Gasteiger charge is 2.27. The molecule has 2 aromatic rings. The van der Waals surface area contributed by atoms with Crippen molar-refractivity contribution in [3.63, 3.8) is 0 Å².